The van der Waals surface area contributed by atoms with Crippen molar-refractivity contribution in [2.75, 3.05) is 6.54 Å². The zero-order valence-electron chi connectivity index (χ0n) is 16.5. The first-order valence-corrected chi connectivity index (χ1v) is 9.93. The minimum Gasteiger partial charge on any atom is -0.337 e. The van der Waals surface area contributed by atoms with Crippen LogP contribution in [0, 0.1) is 10.1 Å². The van der Waals surface area contributed by atoms with Gasteiger partial charge in [-0.3, -0.25) is 19.6 Å². The van der Waals surface area contributed by atoms with Gasteiger partial charge in [0.05, 0.1) is 11.0 Å². The van der Waals surface area contributed by atoms with E-state index in [1.54, 1.807) is 30.9 Å². The molecule has 10 heteroatoms. The van der Waals surface area contributed by atoms with Gasteiger partial charge in [0, 0.05) is 42.8 Å². The summed E-state index contributed by atoms with van der Waals surface area (Å²) >= 11 is 0. The first kappa shape index (κ1) is 19.1. The van der Waals surface area contributed by atoms with Crippen molar-refractivity contribution in [3.05, 3.63) is 82.9 Å². The zero-order chi connectivity index (χ0) is 21.2. The van der Waals surface area contributed by atoms with E-state index in [0.29, 0.717) is 18.3 Å². The molecular weight excluding hydrogens is 398 g/mol. The number of aromatic nitrogens is 5. The Labute approximate surface area is 177 Å². The molecule has 5 rings (SSSR count). The highest BCUT2D eigenvalue weighted by Gasteiger charge is 2.31. The summed E-state index contributed by atoms with van der Waals surface area (Å²) in [6.07, 6.45) is 8.88. The average molecular weight is 417 g/mol. The zero-order valence-corrected chi connectivity index (χ0v) is 16.5. The third-order valence-electron chi connectivity index (χ3n) is 5.40. The number of nitro groups is 1. The number of pyridine rings is 1. The summed E-state index contributed by atoms with van der Waals surface area (Å²) in [6, 6.07) is 10.5. The van der Waals surface area contributed by atoms with Crippen molar-refractivity contribution >= 4 is 5.69 Å². The molecule has 1 aliphatic rings. The van der Waals surface area contributed by atoms with Crippen LogP contribution in [0.4, 0.5) is 5.69 Å². The maximum absolute atomic E-state index is 10.9. The first-order chi connectivity index (χ1) is 15.2. The molecule has 1 fully saturated rings. The summed E-state index contributed by atoms with van der Waals surface area (Å²) in [7, 11) is 0. The summed E-state index contributed by atoms with van der Waals surface area (Å²) in [4.78, 5) is 25.8. The third-order valence-corrected chi connectivity index (χ3v) is 5.40. The van der Waals surface area contributed by atoms with E-state index in [1.165, 1.54) is 12.1 Å². The molecule has 0 saturated carbocycles. The molecule has 156 valence electrons. The van der Waals surface area contributed by atoms with Crippen LogP contribution >= 0.6 is 0 Å². The summed E-state index contributed by atoms with van der Waals surface area (Å²) in [5, 5.41) is 15.0. The smallest absolute Gasteiger partial charge is 0.269 e. The Balaban J connectivity index is 1.30. The number of non-ortho nitro benzene ring substituents is 1. The van der Waals surface area contributed by atoms with Crippen LogP contribution in [0.5, 0.6) is 0 Å². The van der Waals surface area contributed by atoms with Gasteiger partial charge in [0.25, 0.3) is 5.69 Å². The molecule has 0 radical (unpaired) electrons. The van der Waals surface area contributed by atoms with Gasteiger partial charge in [0.15, 0.2) is 0 Å². The molecule has 1 aliphatic heterocycles. The second-order valence-electron chi connectivity index (χ2n) is 7.38. The Bertz CT molecular complexity index is 1170. The average Bonchev–Trinajstić information content (AvgIpc) is 3.56. The molecule has 0 amide bonds. The van der Waals surface area contributed by atoms with E-state index in [1.807, 2.05) is 22.9 Å². The summed E-state index contributed by atoms with van der Waals surface area (Å²) < 4.78 is 7.41. The Hall–Kier alpha value is -3.92. The normalized spacial score (nSPS) is 16.6. The van der Waals surface area contributed by atoms with Crippen molar-refractivity contribution in [1.82, 2.24) is 29.6 Å². The van der Waals surface area contributed by atoms with Crippen LogP contribution in [0.1, 0.15) is 30.3 Å². The summed E-state index contributed by atoms with van der Waals surface area (Å²) in [6.45, 7) is 1.57. The number of likely N-dealkylation sites (tertiary alicyclic amines) is 1. The molecule has 1 saturated heterocycles. The van der Waals surface area contributed by atoms with Gasteiger partial charge in [-0.15, -0.1) is 0 Å². The fraction of sp³-hybridized carbons (Fsp3) is 0.238. The summed E-state index contributed by atoms with van der Waals surface area (Å²) in [5.74, 6) is 1.84. The van der Waals surface area contributed by atoms with Gasteiger partial charge in [-0.25, -0.2) is 9.97 Å². The molecule has 4 aromatic rings. The lowest BCUT2D eigenvalue weighted by molar-refractivity contribution is -0.384. The number of benzene rings is 1. The molecule has 0 unspecified atom stereocenters. The monoisotopic (exact) mass is 417 g/mol. The Kier molecular flexibility index (Phi) is 4.97. The number of hydrogen-bond donors (Lipinski definition) is 0. The molecule has 4 heterocycles. The molecule has 1 atom stereocenters. The van der Waals surface area contributed by atoms with Crippen molar-refractivity contribution in [3.63, 3.8) is 0 Å². The first-order valence-electron chi connectivity index (χ1n) is 9.93. The van der Waals surface area contributed by atoms with E-state index < -0.39 is 0 Å². The maximum atomic E-state index is 10.9. The van der Waals surface area contributed by atoms with E-state index in [9.17, 15) is 10.1 Å². The van der Waals surface area contributed by atoms with Crippen molar-refractivity contribution in [1.29, 1.82) is 0 Å². The van der Waals surface area contributed by atoms with Crippen molar-refractivity contribution in [2.24, 2.45) is 0 Å². The van der Waals surface area contributed by atoms with Crippen molar-refractivity contribution in [2.45, 2.75) is 25.4 Å². The molecule has 0 bridgehead atoms. The molecule has 31 heavy (non-hydrogen) atoms. The fourth-order valence-corrected chi connectivity index (χ4v) is 3.81. The van der Waals surface area contributed by atoms with Gasteiger partial charge in [-0.2, -0.15) is 4.98 Å². The highest BCUT2D eigenvalue weighted by atomic mass is 16.6. The third kappa shape index (κ3) is 3.92. The van der Waals surface area contributed by atoms with Crippen LogP contribution in [0.2, 0.25) is 0 Å². The topological polar surface area (TPSA) is 116 Å². The number of hydrogen-bond acceptors (Lipinski definition) is 8. The lowest BCUT2D eigenvalue weighted by Crippen LogP contribution is -2.23. The number of nitro benzene ring substituents is 1. The van der Waals surface area contributed by atoms with E-state index >= 15 is 0 Å². The van der Waals surface area contributed by atoms with E-state index in [2.05, 4.69) is 25.0 Å². The standard InChI is InChI=1S/C21H19N7O3/c29-28(30)17-6-3-15(4-7-17)13-26-10-1-2-18(26)21-24-20(25-31-21)16-5-8-19(23-12-16)27-11-9-22-14-27/h3-9,11-12,14,18H,1-2,10,13H2/t18-/m0/s1. The molecule has 0 aliphatic carbocycles. The van der Waals surface area contributed by atoms with Crippen LogP contribution in [0.15, 0.2) is 65.8 Å². The van der Waals surface area contributed by atoms with Crippen LogP contribution in [0.3, 0.4) is 0 Å². The van der Waals surface area contributed by atoms with Gasteiger partial charge in [0.1, 0.15) is 12.1 Å². The molecule has 3 aromatic heterocycles. The van der Waals surface area contributed by atoms with Crippen LogP contribution < -0.4 is 0 Å². The fourth-order valence-electron chi connectivity index (χ4n) is 3.81. The largest absolute Gasteiger partial charge is 0.337 e. The number of imidazole rings is 1. The molecule has 0 N–H and O–H groups in total. The van der Waals surface area contributed by atoms with E-state index in [4.69, 9.17) is 4.52 Å². The van der Waals surface area contributed by atoms with Crippen LogP contribution in [-0.2, 0) is 6.54 Å². The lowest BCUT2D eigenvalue weighted by Gasteiger charge is -2.21. The van der Waals surface area contributed by atoms with Crippen molar-refractivity contribution < 1.29 is 9.45 Å². The van der Waals surface area contributed by atoms with Gasteiger partial charge in [0.2, 0.25) is 11.7 Å². The Morgan fingerprint density at radius 2 is 2.06 bits per heavy atom. The molecule has 1 aromatic carbocycles. The predicted octanol–water partition coefficient (Wildman–Crippen LogP) is 3.56. The van der Waals surface area contributed by atoms with Crippen molar-refractivity contribution in [3.8, 4) is 17.2 Å². The minimum atomic E-state index is -0.390. The van der Waals surface area contributed by atoms with Gasteiger partial charge in [-0.1, -0.05) is 17.3 Å². The number of rotatable bonds is 6. The van der Waals surface area contributed by atoms with E-state index in [0.717, 1.165) is 36.3 Å². The molecular formula is C21H19N7O3. The highest BCUT2D eigenvalue weighted by Crippen LogP contribution is 2.33. The Morgan fingerprint density at radius 1 is 1.19 bits per heavy atom. The minimum absolute atomic E-state index is 0.0228. The highest BCUT2D eigenvalue weighted by molar-refractivity contribution is 5.53. The number of nitrogens with zero attached hydrogens (tertiary/aromatic N) is 7. The van der Waals surface area contributed by atoms with Gasteiger partial charge >= 0.3 is 0 Å². The SMILES string of the molecule is O=[N+]([O-])c1ccc(CN2CCC[C@H]2c2nc(-c3ccc(-n4ccnc4)nc3)no2)cc1. The van der Waals surface area contributed by atoms with Gasteiger partial charge in [-0.05, 0) is 37.1 Å². The maximum Gasteiger partial charge on any atom is 0.269 e. The second kappa shape index (κ2) is 8.07. The Morgan fingerprint density at radius 3 is 2.77 bits per heavy atom. The van der Waals surface area contributed by atoms with Gasteiger partial charge < -0.3 is 4.52 Å². The molecule has 10 nitrogen and oxygen atoms in total. The summed E-state index contributed by atoms with van der Waals surface area (Å²) in [5.41, 5.74) is 1.88. The molecule has 0 spiro atoms. The second-order valence-corrected chi connectivity index (χ2v) is 7.38. The lowest BCUT2D eigenvalue weighted by atomic mass is 10.1. The van der Waals surface area contributed by atoms with Crippen LogP contribution in [0.25, 0.3) is 17.2 Å². The predicted molar refractivity (Wildman–Crippen MR) is 110 cm³/mol. The van der Waals surface area contributed by atoms with E-state index in [-0.39, 0.29) is 16.7 Å². The van der Waals surface area contributed by atoms with Crippen LogP contribution in [-0.4, -0.2) is 41.0 Å². The quantitative estimate of drug-likeness (QED) is 0.345.